The number of halogens is 2. The fourth-order valence-corrected chi connectivity index (χ4v) is 3.66. The molecule has 0 radical (unpaired) electrons. The molecule has 2 heterocycles. The molecule has 1 N–H and O–H groups in total. The SMILES string of the molecule is CC(Sc1cc(Cl)ccc1Cl)C(=O)NCc1cccnc1-n1cncn1. The Morgan fingerprint density at radius 1 is 1.35 bits per heavy atom. The summed E-state index contributed by atoms with van der Waals surface area (Å²) in [5.41, 5.74) is 0.837. The molecule has 0 aliphatic rings. The molecule has 1 unspecified atom stereocenters. The smallest absolute Gasteiger partial charge is 0.233 e. The van der Waals surface area contributed by atoms with E-state index < -0.39 is 0 Å². The molecule has 6 nitrogen and oxygen atoms in total. The molecule has 0 bridgehead atoms. The first kappa shape index (κ1) is 18.7. The molecule has 1 aromatic carbocycles. The summed E-state index contributed by atoms with van der Waals surface area (Å²) in [4.78, 5) is 21.4. The molecule has 0 saturated heterocycles. The van der Waals surface area contributed by atoms with Crippen molar-refractivity contribution in [2.45, 2.75) is 23.6 Å². The van der Waals surface area contributed by atoms with Crippen molar-refractivity contribution in [3.63, 3.8) is 0 Å². The molecule has 1 amide bonds. The second kappa shape index (κ2) is 8.53. The minimum atomic E-state index is -0.336. The van der Waals surface area contributed by atoms with Crippen molar-refractivity contribution in [1.29, 1.82) is 0 Å². The van der Waals surface area contributed by atoms with Crippen LogP contribution in [0, 0.1) is 0 Å². The van der Waals surface area contributed by atoms with Crippen molar-refractivity contribution in [1.82, 2.24) is 25.1 Å². The number of hydrogen-bond donors (Lipinski definition) is 1. The molecule has 26 heavy (non-hydrogen) atoms. The fourth-order valence-electron chi connectivity index (χ4n) is 2.23. The highest BCUT2D eigenvalue weighted by Crippen LogP contribution is 2.32. The summed E-state index contributed by atoms with van der Waals surface area (Å²) in [5.74, 6) is 0.517. The maximum absolute atomic E-state index is 12.5. The second-order valence-electron chi connectivity index (χ2n) is 5.38. The van der Waals surface area contributed by atoms with Gasteiger partial charge in [-0.1, -0.05) is 29.3 Å². The quantitative estimate of drug-likeness (QED) is 0.629. The Morgan fingerprint density at radius 3 is 2.96 bits per heavy atom. The van der Waals surface area contributed by atoms with E-state index in [1.807, 2.05) is 19.1 Å². The van der Waals surface area contributed by atoms with Crippen molar-refractivity contribution in [2.24, 2.45) is 0 Å². The van der Waals surface area contributed by atoms with Crippen LogP contribution in [0.5, 0.6) is 0 Å². The van der Waals surface area contributed by atoms with Gasteiger partial charge in [0.25, 0.3) is 0 Å². The highest BCUT2D eigenvalue weighted by atomic mass is 35.5. The number of thioether (sulfide) groups is 1. The molecule has 0 fully saturated rings. The normalized spacial score (nSPS) is 12.0. The third-order valence-corrected chi connectivity index (χ3v) is 5.36. The number of rotatable bonds is 6. The van der Waals surface area contributed by atoms with Gasteiger partial charge in [0, 0.05) is 28.2 Å². The topological polar surface area (TPSA) is 72.7 Å². The van der Waals surface area contributed by atoms with Gasteiger partial charge in [-0.05, 0) is 31.2 Å². The van der Waals surface area contributed by atoms with Gasteiger partial charge in [-0.25, -0.2) is 14.6 Å². The third kappa shape index (κ3) is 4.55. The fraction of sp³-hybridized carbons (Fsp3) is 0.176. The van der Waals surface area contributed by atoms with Gasteiger partial charge >= 0.3 is 0 Å². The zero-order chi connectivity index (χ0) is 18.5. The summed E-state index contributed by atoms with van der Waals surface area (Å²) >= 11 is 13.5. The Kier molecular flexibility index (Phi) is 6.13. The van der Waals surface area contributed by atoms with E-state index in [2.05, 4.69) is 20.4 Å². The van der Waals surface area contributed by atoms with Gasteiger partial charge in [0.05, 0.1) is 10.3 Å². The molecule has 9 heteroatoms. The standard InChI is InChI=1S/C17H15Cl2N5OS/c1-11(26-15-7-13(18)4-5-14(15)19)17(25)22-8-12-3-2-6-21-16(12)24-10-20-9-23-24/h2-7,9-11H,8H2,1H3,(H,22,25). The van der Waals surface area contributed by atoms with Crippen LogP contribution in [0.15, 0.2) is 54.1 Å². The van der Waals surface area contributed by atoms with E-state index in [1.165, 1.54) is 18.1 Å². The van der Waals surface area contributed by atoms with Crippen LogP contribution in [-0.4, -0.2) is 30.9 Å². The maximum Gasteiger partial charge on any atom is 0.233 e. The van der Waals surface area contributed by atoms with Crippen LogP contribution < -0.4 is 5.32 Å². The van der Waals surface area contributed by atoms with Crippen LogP contribution in [-0.2, 0) is 11.3 Å². The van der Waals surface area contributed by atoms with E-state index in [1.54, 1.807) is 35.4 Å². The number of carbonyl (C=O) groups is 1. The number of carbonyl (C=O) groups excluding carboxylic acids is 1. The minimum Gasteiger partial charge on any atom is -0.351 e. The molecule has 1 atom stereocenters. The molecule has 0 saturated carbocycles. The van der Waals surface area contributed by atoms with Gasteiger partial charge < -0.3 is 5.32 Å². The van der Waals surface area contributed by atoms with Gasteiger partial charge in [0.2, 0.25) is 5.91 Å². The van der Waals surface area contributed by atoms with Gasteiger partial charge in [-0.3, -0.25) is 4.79 Å². The molecular weight excluding hydrogens is 393 g/mol. The van der Waals surface area contributed by atoms with Crippen molar-refractivity contribution in [3.8, 4) is 5.82 Å². The number of pyridine rings is 1. The van der Waals surface area contributed by atoms with Gasteiger partial charge in [0.1, 0.15) is 12.7 Å². The monoisotopic (exact) mass is 407 g/mol. The van der Waals surface area contributed by atoms with E-state index in [0.717, 1.165) is 10.5 Å². The Morgan fingerprint density at radius 2 is 2.19 bits per heavy atom. The Bertz CT molecular complexity index is 904. The van der Waals surface area contributed by atoms with Crippen molar-refractivity contribution in [3.05, 3.63) is 64.8 Å². The van der Waals surface area contributed by atoms with E-state index in [4.69, 9.17) is 23.2 Å². The number of nitrogens with one attached hydrogen (secondary N) is 1. The van der Waals surface area contributed by atoms with Crippen LogP contribution >= 0.6 is 35.0 Å². The maximum atomic E-state index is 12.5. The molecular formula is C17H15Cl2N5OS. The van der Waals surface area contributed by atoms with E-state index in [0.29, 0.717) is 22.4 Å². The average molecular weight is 408 g/mol. The second-order valence-corrected chi connectivity index (χ2v) is 7.61. The minimum absolute atomic E-state index is 0.112. The molecule has 3 rings (SSSR count). The predicted molar refractivity (Wildman–Crippen MR) is 103 cm³/mol. The van der Waals surface area contributed by atoms with Crippen molar-refractivity contribution < 1.29 is 4.79 Å². The highest BCUT2D eigenvalue weighted by Gasteiger charge is 2.17. The number of aromatic nitrogens is 4. The summed E-state index contributed by atoms with van der Waals surface area (Å²) in [7, 11) is 0. The lowest BCUT2D eigenvalue weighted by atomic mass is 10.2. The van der Waals surface area contributed by atoms with Crippen LogP contribution in [0.3, 0.4) is 0 Å². The van der Waals surface area contributed by atoms with E-state index in [-0.39, 0.29) is 11.2 Å². The first-order valence-corrected chi connectivity index (χ1v) is 9.36. The van der Waals surface area contributed by atoms with Crippen molar-refractivity contribution >= 4 is 40.9 Å². The molecule has 3 aromatic rings. The van der Waals surface area contributed by atoms with Gasteiger partial charge in [-0.2, -0.15) is 5.10 Å². The lowest BCUT2D eigenvalue weighted by Gasteiger charge is -2.14. The lowest BCUT2D eigenvalue weighted by Crippen LogP contribution is -2.30. The summed E-state index contributed by atoms with van der Waals surface area (Å²) in [5, 5.41) is 7.81. The molecule has 0 aliphatic carbocycles. The number of amides is 1. The van der Waals surface area contributed by atoms with Crippen LogP contribution in [0.4, 0.5) is 0 Å². The Labute approximate surface area is 164 Å². The van der Waals surface area contributed by atoms with Gasteiger partial charge in [0.15, 0.2) is 5.82 Å². The number of nitrogens with zero attached hydrogens (tertiary/aromatic N) is 4. The summed E-state index contributed by atoms with van der Waals surface area (Å²) in [6, 6.07) is 8.88. The molecule has 134 valence electrons. The zero-order valence-electron chi connectivity index (χ0n) is 13.8. The zero-order valence-corrected chi connectivity index (χ0v) is 16.1. The lowest BCUT2D eigenvalue weighted by molar-refractivity contribution is -0.120. The third-order valence-electron chi connectivity index (χ3n) is 3.52. The van der Waals surface area contributed by atoms with Crippen LogP contribution in [0.1, 0.15) is 12.5 Å². The van der Waals surface area contributed by atoms with E-state index in [9.17, 15) is 4.79 Å². The van der Waals surface area contributed by atoms with Gasteiger partial charge in [-0.15, -0.1) is 11.8 Å². The molecule has 2 aromatic heterocycles. The first-order valence-electron chi connectivity index (χ1n) is 7.73. The first-order chi connectivity index (χ1) is 12.5. The highest BCUT2D eigenvalue weighted by molar-refractivity contribution is 8.00. The Balaban J connectivity index is 1.65. The largest absolute Gasteiger partial charge is 0.351 e. The Hall–Kier alpha value is -2.09. The number of hydrogen-bond acceptors (Lipinski definition) is 5. The summed E-state index contributed by atoms with van der Waals surface area (Å²) in [6.45, 7) is 2.15. The predicted octanol–water partition coefficient (Wildman–Crippen LogP) is 3.77. The van der Waals surface area contributed by atoms with E-state index >= 15 is 0 Å². The summed E-state index contributed by atoms with van der Waals surface area (Å²) < 4.78 is 1.56. The van der Waals surface area contributed by atoms with Crippen LogP contribution in [0.25, 0.3) is 5.82 Å². The van der Waals surface area contributed by atoms with Crippen LogP contribution in [0.2, 0.25) is 10.0 Å². The molecule has 0 aliphatic heterocycles. The molecule has 0 spiro atoms. The average Bonchev–Trinajstić information content (AvgIpc) is 3.17. The summed E-state index contributed by atoms with van der Waals surface area (Å²) in [6.07, 6.45) is 4.67. The van der Waals surface area contributed by atoms with Crippen molar-refractivity contribution in [2.75, 3.05) is 0 Å². The number of benzene rings is 1.